The van der Waals surface area contributed by atoms with Gasteiger partial charge < -0.3 is 15.5 Å². The minimum Gasteiger partial charge on any atom is -0.480 e. The Morgan fingerprint density at radius 2 is 2.12 bits per heavy atom. The molecule has 0 aliphatic carbocycles. The first-order valence-corrected chi connectivity index (χ1v) is 5.24. The third-order valence-electron chi connectivity index (χ3n) is 2.30. The maximum absolute atomic E-state index is 11.7. The first-order chi connectivity index (χ1) is 7.97. The van der Waals surface area contributed by atoms with Gasteiger partial charge in [-0.25, -0.2) is 4.79 Å². The number of carbonyl (C=O) groups excluding carboxylic acids is 1. The monoisotopic (exact) mass is 257 g/mol. The molecule has 1 amide bonds. The standard InChI is InChI=1S/C11H12ClNO4/c1-6-7(3-2-4-8(6)12)10(15)13-9(5-14)11(16)17/h2-4,9,14H,5H2,1H3,(H,13,15)(H,16,17)/t9-/m0/s1. The zero-order valence-electron chi connectivity index (χ0n) is 9.11. The van der Waals surface area contributed by atoms with Gasteiger partial charge in [-0.05, 0) is 24.6 Å². The predicted octanol–water partition coefficient (Wildman–Crippen LogP) is 0.824. The van der Waals surface area contributed by atoms with Crippen molar-refractivity contribution in [2.45, 2.75) is 13.0 Å². The van der Waals surface area contributed by atoms with Crippen LogP contribution in [0, 0.1) is 6.92 Å². The molecule has 92 valence electrons. The Morgan fingerprint density at radius 1 is 1.47 bits per heavy atom. The molecule has 0 unspecified atom stereocenters. The lowest BCUT2D eigenvalue weighted by Crippen LogP contribution is -2.43. The van der Waals surface area contributed by atoms with Crippen LogP contribution in [0.5, 0.6) is 0 Å². The smallest absolute Gasteiger partial charge is 0.328 e. The van der Waals surface area contributed by atoms with Crippen molar-refractivity contribution in [2.75, 3.05) is 6.61 Å². The molecule has 1 atom stereocenters. The Balaban J connectivity index is 2.90. The van der Waals surface area contributed by atoms with Gasteiger partial charge >= 0.3 is 5.97 Å². The van der Waals surface area contributed by atoms with Gasteiger partial charge in [0.1, 0.15) is 0 Å². The fourth-order valence-corrected chi connectivity index (χ4v) is 1.45. The van der Waals surface area contributed by atoms with Crippen molar-refractivity contribution in [2.24, 2.45) is 0 Å². The van der Waals surface area contributed by atoms with Crippen LogP contribution in [0.15, 0.2) is 18.2 Å². The summed E-state index contributed by atoms with van der Waals surface area (Å²) in [5.74, 6) is -1.87. The number of carbonyl (C=O) groups is 2. The Morgan fingerprint density at radius 3 is 2.65 bits per heavy atom. The van der Waals surface area contributed by atoms with E-state index in [0.717, 1.165) is 0 Å². The van der Waals surface area contributed by atoms with Gasteiger partial charge in [0.15, 0.2) is 6.04 Å². The van der Waals surface area contributed by atoms with Crippen LogP contribution in [-0.4, -0.2) is 34.7 Å². The van der Waals surface area contributed by atoms with Crippen molar-refractivity contribution in [1.82, 2.24) is 5.32 Å². The molecule has 0 bridgehead atoms. The average Bonchev–Trinajstić information content (AvgIpc) is 2.28. The van der Waals surface area contributed by atoms with E-state index >= 15 is 0 Å². The predicted molar refractivity (Wildman–Crippen MR) is 62.2 cm³/mol. The summed E-state index contributed by atoms with van der Waals surface area (Å²) in [7, 11) is 0. The lowest BCUT2D eigenvalue weighted by atomic mass is 10.1. The van der Waals surface area contributed by atoms with Crippen molar-refractivity contribution in [3.8, 4) is 0 Å². The number of rotatable bonds is 4. The number of hydrogen-bond acceptors (Lipinski definition) is 3. The Labute approximate surface area is 103 Å². The second-order valence-electron chi connectivity index (χ2n) is 3.46. The van der Waals surface area contributed by atoms with Gasteiger partial charge in [0.2, 0.25) is 0 Å². The van der Waals surface area contributed by atoms with E-state index in [1.54, 1.807) is 19.1 Å². The van der Waals surface area contributed by atoms with E-state index < -0.39 is 24.5 Å². The largest absolute Gasteiger partial charge is 0.480 e. The normalized spacial score (nSPS) is 11.9. The summed E-state index contributed by atoms with van der Waals surface area (Å²) in [6.45, 7) is 0.993. The lowest BCUT2D eigenvalue weighted by molar-refractivity contribution is -0.140. The summed E-state index contributed by atoms with van der Waals surface area (Å²) in [6.07, 6.45) is 0. The highest BCUT2D eigenvalue weighted by Crippen LogP contribution is 2.18. The number of amides is 1. The summed E-state index contributed by atoms with van der Waals surface area (Å²) in [5, 5.41) is 20.1. The van der Waals surface area contributed by atoms with Crippen LogP contribution in [0.1, 0.15) is 15.9 Å². The highest BCUT2D eigenvalue weighted by atomic mass is 35.5. The first kappa shape index (κ1) is 13.5. The molecule has 0 saturated carbocycles. The summed E-state index contributed by atoms with van der Waals surface area (Å²) in [5.41, 5.74) is 0.853. The molecule has 17 heavy (non-hydrogen) atoms. The fraction of sp³-hybridized carbons (Fsp3) is 0.273. The molecule has 0 aliphatic rings. The van der Waals surface area contributed by atoms with E-state index in [9.17, 15) is 9.59 Å². The zero-order valence-corrected chi connectivity index (χ0v) is 9.86. The number of halogens is 1. The fourth-order valence-electron chi connectivity index (χ4n) is 1.27. The number of aliphatic hydroxyl groups excluding tert-OH is 1. The molecular formula is C11H12ClNO4. The summed E-state index contributed by atoms with van der Waals surface area (Å²) >= 11 is 5.85. The number of carboxylic acids is 1. The quantitative estimate of drug-likeness (QED) is 0.745. The number of benzene rings is 1. The zero-order chi connectivity index (χ0) is 13.0. The second-order valence-corrected chi connectivity index (χ2v) is 3.87. The van der Waals surface area contributed by atoms with Crippen molar-refractivity contribution < 1.29 is 19.8 Å². The van der Waals surface area contributed by atoms with E-state index in [1.807, 2.05) is 0 Å². The Kier molecular flexibility index (Phi) is 4.48. The van der Waals surface area contributed by atoms with E-state index in [0.29, 0.717) is 10.6 Å². The number of aliphatic hydroxyl groups is 1. The third-order valence-corrected chi connectivity index (χ3v) is 2.71. The first-order valence-electron chi connectivity index (χ1n) is 4.87. The van der Waals surface area contributed by atoms with Gasteiger partial charge in [0, 0.05) is 10.6 Å². The van der Waals surface area contributed by atoms with Gasteiger partial charge in [-0.2, -0.15) is 0 Å². The SMILES string of the molecule is Cc1c(Cl)cccc1C(=O)N[C@@H](CO)C(=O)O. The van der Waals surface area contributed by atoms with Crippen LogP contribution >= 0.6 is 11.6 Å². The molecule has 3 N–H and O–H groups in total. The minimum atomic E-state index is -1.32. The molecule has 0 spiro atoms. The number of nitrogens with one attached hydrogen (secondary N) is 1. The molecule has 1 rings (SSSR count). The van der Waals surface area contributed by atoms with Crippen molar-refractivity contribution in [3.63, 3.8) is 0 Å². The van der Waals surface area contributed by atoms with E-state index in [4.69, 9.17) is 21.8 Å². The van der Waals surface area contributed by atoms with Crippen LogP contribution in [0.4, 0.5) is 0 Å². The van der Waals surface area contributed by atoms with Crippen molar-refractivity contribution >= 4 is 23.5 Å². The number of aliphatic carboxylic acids is 1. The summed E-state index contributed by atoms with van der Waals surface area (Å²) in [4.78, 5) is 22.4. The van der Waals surface area contributed by atoms with Gasteiger partial charge in [0.05, 0.1) is 6.61 Å². The van der Waals surface area contributed by atoms with Gasteiger partial charge in [0.25, 0.3) is 5.91 Å². The number of carboxylic acid groups (broad SMARTS) is 1. The van der Waals surface area contributed by atoms with Crippen molar-refractivity contribution in [1.29, 1.82) is 0 Å². The topological polar surface area (TPSA) is 86.6 Å². The molecule has 0 heterocycles. The molecule has 5 nitrogen and oxygen atoms in total. The van der Waals surface area contributed by atoms with E-state index in [2.05, 4.69) is 5.32 Å². The van der Waals surface area contributed by atoms with Crippen LogP contribution in [-0.2, 0) is 4.79 Å². The van der Waals surface area contributed by atoms with Crippen molar-refractivity contribution in [3.05, 3.63) is 34.3 Å². The second kappa shape index (κ2) is 5.65. The third kappa shape index (κ3) is 3.18. The van der Waals surface area contributed by atoms with Gasteiger partial charge in [-0.15, -0.1) is 0 Å². The molecule has 0 fully saturated rings. The molecule has 1 aromatic carbocycles. The molecule has 1 aromatic rings. The van der Waals surface area contributed by atoms with E-state index in [-0.39, 0.29) is 5.56 Å². The van der Waals surface area contributed by atoms with Gasteiger partial charge in [-0.3, -0.25) is 4.79 Å². The average molecular weight is 258 g/mol. The van der Waals surface area contributed by atoms with Crippen LogP contribution < -0.4 is 5.32 Å². The molecule has 0 radical (unpaired) electrons. The Hall–Kier alpha value is -1.59. The minimum absolute atomic E-state index is 0.289. The molecular weight excluding hydrogens is 246 g/mol. The molecule has 0 aliphatic heterocycles. The maximum atomic E-state index is 11.7. The van der Waals surface area contributed by atoms with E-state index in [1.165, 1.54) is 6.07 Å². The summed E-state index contributed by atoms with van der Waals surface area (Å²) in [6, 6.07) is 3.45. The Bertz CT molecular complexity index is 447. The highest BCUT2D eigenvalue weighted by molar-refractivity contribution is 6.31. The van der Waals surface area contributed by atoms with Crippen LogP contribution in [0.3, 0.4) is 0 Å². The molecule has 0 saturated heterocycles. The van der Waals surface area contributed by atoms with Crippen LogP contribution in [0.25, 0.3) is 0 Å². The molecule has 0 aromatic heterocycles. The lowest BCUT2D eigenvalue weighted by Gasteiger charge is -2.13. The maximum Gasteiger partial charge on any atom is 0.328 e. The molecule has 6 heteroatoms. The highest BCUT2D eigenvalue weighted by Gasteiger charge is 2.20. The van der Waals surface area contributed by atoms with Gasteiger partial charge in [-0.1, -0.05) is 17.7 Å². The van der Waals surface area contributed by atoms with Crippen LogP contribution in [0.2, 0.25) is 5.02 Å². The summed E-state index contributed by atoms with van der Waals surface area (Å²) < 4.78 is 0. The number of hydrogen-bond donors (Lipinski definition) is 3.